The molecule has 1 heterocycles. The number of thioether (sulfide) groups is 1. The van der Waals surface area contributed by atoms with E-state index in [2.05, 4.69) is 39.6 Å². The summed E-state index contributed by atoms with van der Waals surface area (Å²) < 4.78 is 0. The van der Waals surface area contributed by atoms with Crippen LogP contribution in [0.1, 0.15) is 55.6 Å². The van der Waals surface area contributed by atoms with Crippen LogP contribution in [0.15, 0.2) is 29.4 Å². The number of aryl methyl sites for hydroxylation is 1. The van der Waals surface area contributed by atoms with Crippen LogP contribution >= 0.6 is 11.8 Å². The van der Waals surface area contributed by atoms with Crippen LogP contribution in [0.25, 0.3) is 0 Å². The van der Waals surface area contributed by atoms with Crippen molar-refractivity contribution in [2.24, 2.45) is 5.92 Å². The van der Waals surface area contributed by atoms with Crippen molar-refractivity contribution in [1.82, 2.24) is 20.5 Å². The molecule has 6 heteroatoms. The SMILES string of the molecule is Cc1ccccc1C(C)NC(=O)CSc1n[nH]c(CC2CCCC2)n1. The minimum Gasteiger partial charge on any atom is -0.349 e. The zero-order chi connectivity index (χ0) is 17.6. The third kappa shape index (κ3) is 5.08. The van der Waals surface area contributed by atoms with Gasteiger partial charge in [0.15, 0.2) is 0 Å². The quantitative estimate of drug-likeness (QED) is 0.738. The summed E-state index contributed by atoms with van der Waals surface area (Å²) in [5, 5.41) is 11.0. The third-order valence-electron chi connectivity index (χ3n) is 4.83. The number of H-pyrrole nitrogens is 1. The fourth-order valence-corrected chi connectivity index (χ4v) is 4.11. The highest BCUT2D eigenvalue weighted by Crippen LogP contribution is 2.27. The molecule has 2 N–H and O–H groups in total. The first-order valence-corrected chi connectivity index (χ1v) is 9.99. The van der Waals surface area contributed by atoms with Crippen molar-refractivity contribution >= 4 is 17.7 Å². The Morgan fingerprint density at radius 3 is 2.88 bits per heavy atom. The first-order valence-electron chi connectivity index (χ1n) is 9.01. The maximum atomic E-state index is 12.2. The second-order valence-corrected chi connectivity index (χ2v) is 7.80. The molecule has 0 saturated heterocycles. The summed E-state index contributed by atoms with van der Waals surface area (Å²) >= 11 is 1.38. The molecule has 1 aromatic carbocycles. The van der Waals surface area contributed by atoms with Crippen LogP contribution in [0.5, 0.6) is 0 Å². The molecule has 1 aliphatic carbocycles. The largest absolute Gasteiger partial charge is 0.349 e. The number of carbonyl (C=O) groups is 1. The summed E-state index contributed by atoms with van der Waals surface area (Å²) in [4.78, 5) is 16.7. The van der Waals surface area contributed by atoms with E-state index < -0.39 is 0 Å². The molecule has 1 aromatic heterocycles. The van der Waals surface area contributed by atoms with E-state index >= 15 is 0 Å². The number of benzene rings is 1. The monoisotopic (exact) mass is 358 g/mol. The molecule has 2 aromatic rings. The summed E-state index contributed by atoms with van der Waals surface area (Å²) in [6.45, 7) is 4.07. The lowest BCUT2D eigenvalue weighted by atomic mass is 10.0. The van der Waals surface area contributed by atoms with Gasteiger partial charge in [0.2, 0.25) is 11.1 Å². The Kier molecular flexibility index (Phi) is 6.13. The van der Waals surface area contributed by atoms with Crippen LogP contribution < -0.4 is 5.32 Å². The van der Waals surface area contributed by atoms with E-state index in [1.165, 1.54) is 43.0 Å². The van der Waals surface area contributed by atoms with Crippen molar-refractivity contribution in [3.63, 3.8) is 0 Å². The normalized spacial score (nSPS) is 16.1. The number of hydrogen-bond acceptors (Lipinski definition) is 4. The lowest BCUT2D eigenvalue weighted by molar-refractivity contribution is -0.119. The topological polar surface area (TPSA) is 70.7 Å². The lowest BCUT2D eigenvalue weighted by Crippen LogP contribution is -2.28. The fraction of sp³-hybridized carbons (Fsp3) is 0.526. The molecule has 25 heavy (non-hydrogen) atoms. The van der Waals surface area contributed by atoms with Gasteiger partial charge >= 0.3 is 0 Å². The van der Waals surface area contributed by atoms with Gasteiger partial charge in [-0.2, -0.15) is 0 Å². The van der Waals surface area contributed by atoms with Gasteiger partial charge in [0, 0.05) is 6.42 Å². The molecule has 1 unspecified atom stereocenters. The van der Waals surface area contributed by atoms with Crippen LogP contribution in [-0.2, 0) is 11.2 Å². The van der Waals surface area contributed by atoms with Crippen LogP contribution in [0.2, 0.25) is 0 Å². The van der Waals surface area contributed by atoms with E-state index in [4.69, 9.17) is 0 Å². The Morgan fingerprint density at radius 1 is 1.36 bits per heavy atom. The van der Waals surface area contributed by atoms with Gasteiger partial charge in [0.05, 0.1) is 11.8 Å². The number of aromatic amines is 1. The predicted octanol–water partition coefficient (Wildman–Crippen LogP) is 3.82. The van der Waals surface area contributed by atoms with Gasteiger partial charge in [0.25, 0.3) is 0 Å². The second-order valence-electron chi connectivity index (χ2n) is 6.85. The zero-order valence-corrected chi connectivity index (χ0v) is 15.7. The summed E-state index contributed by atoms with van der Waals surface area (Å²) in [5.41, 5.74) is 2.34. The van der Waals surface area contributed by atoms with E-state index in [0.717, 1.165) is 23.7 Å². The minimum atomic E-state index is -0.000583. The molecule has 1 aliphatic rings. The molecule has 0 spiro atoms. The number of nitrogens with one attached hydrogen (secondary N) is 2. The molecule has 134 valence electrons. The number of rotatable bonds is 7. The van der Waals surface area contributed by atoms with Gasteiger partial charge in [0.1, 0.15) is 5.82 Å². The van der Waals surface area contributed by atoms with E-state index in [1.54, 1.807) is 0 Å². The highest BCUT2D eigenvalue weighted by atomic mass is 32.2. The van der Waals surface area contributed by atoms with Crippen molar-refractivity contribution < 1.29 is 4.79 Å². The maximum Gasteiger partial charge on any atom is 0.230 e. The van der Waals surface area contributed by atoms with Crippen LogP contribution in [0, 0.1) is 12.8 Å². The van der Waals surface area contributed by atoms with Gasteiger partial charge in [-0.1, -0.05) is 61.7 Å². The van der Waals surface area contributed by atoms with E-state index in [1.807, 2.05) is 19.1 Å². The van der Waals surface area contributed by atoms with E-state index in [0.29, 0.717) is 10.9 Å². The number of hydrogen-bond donors (Lipinski definition) is 2. The molecule has 0 radical (unpaired) electrons. The average Bonchev–Trinajstić information content (AvgIpc) is 3.26. The summed E-state index contributed by atoms with van der Waals surface area (Å²) in [5.74, 6) is 2.02. The Balaban J connectivity index is 1.46. The number of aromatic nitrogens is 3. The molecule has 1 fully saturated rings. The van der Waals surface area contributed by atoms with Gasteiger partial charge in [-0.15, -0.1) is 5.10 Å². The number of nitrogens with zero attached hydrogens (tertiary/aromatic N) is 2. The van der Waals surface area contributed by atoms with Gasteiger partial charge in [-0.05, 0) is 30.9 Å². The predicted molar refractivity (Wildman–Crippen MR) is 101 cm³/mol. The molecule has 0 bridgehead atoms. The standard InChI is InChI=1S/C19H26N4OS/c1-13-7-3-6-10-16(13)14(2)20-18(24)12-25-19-21-17(22-23-19)11-15-8-4-5-9-15/h3,6-7,10,14-15H,4-5,8-9,11-12H2,1-2H3,(H,20,24)(H,21,22,23). The molecule has 5 nitrogen and oxygen atoms in total. The zero-order valence-electron chi connectivity index (χ0n) is 14.9. The molecule has 1 amide bonds. The Bertz CT molecular complexity index is 709. The highest BCUT2D eigenvalue weighted by Gasteiger charge is 2.18. The van der Waals surface area contributed by atoms with Crippen LogP contribution in [0.4, 0.5) is 0 Å². The van der Waals surface area contributed by atoms with Crippen molar-refractivity contribution in [2.75, 3.05) is 5.75 Å². The first kappa shape index (κ1) is 18.0. The van der Waals surface area contributed by atoms with Crippen molar-refractivity contribution in [1.29, 1.82) is 0 Å². The molecule has 0 aliphatic heterocycles. The maximum absolute atomic E-state index is 12.2. The van der Waals surface area contributed by atoms with Gasteiger partial charge in [-0.3, -0.25) is 9.89 Å². The van der Waals surface area contributed by atoms with Crippen molar-refractivity contribution in [3.05, 3.63) is 41.2 Å². The summed E-state index contributed by atoms with van der Waals surface area (Å²) in [7, 11) is 0. The number of amides is 1. The van der Waals surface area contributed by atoms with Crippen molar-refractivity contribution in [3.8, 4) is 0 Å². The Hall–Kier alpha value is -1.82. The Labute approximate surface area is 153 Å². The first-order chi connectivity index (χ1) is 12.1. The average molecular weight is 359 g/mol. The van der Waals surface area contributed by atoms with Gasteiger partial charge < -0.3 is 5.32 Å². The lowest BCUT2D eigenvalue weighted by Gasteiger charge is -2.16. The van der Waals surface area contributed by atoms with Crippen molar-refractivity contribution in [2.45, 2.75) is 57.1 Å². The number of carbonyl (C=O) groups excluding carboxylic acids is 1. The minimum absolute atomic E-state index is 0.000583. The summed E-state index contributed by atoms with van der Waals surface area (Å²) in [6.07, 6.45) is 6.23. The van der Waals surface area contributed by atoms with E-state index in [9.17, 15) is 4.79 Å². The van der Waals surface area contributed by atoms with Gasteiger partial charge in [-0.25, -0.2) is 4.98 Å². The molecule has 1 saturated carbocycles. The smallest absolute Gasteiger partial charge is 0.230 e. The fourth-order valence-electron chi connectivity index (χ4n) is 3.49. The molecule has 3 rings (SSSR count). The molecule has 1 atom stereocenters. The van der Waals surface area contributed by atoms with Crippen LogP contribution in [0.3, 0.4) is 0 Å². The van der Waals surface area contributed by atoms with Crippen LogP contribution in [-0.4, -0.2) is 26.8 Å². The van der Waals surface area contributed by atoms with E-state index in [-0.39, 0.29) is 11.9 Å². The summed E-state index contributed by atoms with van der Waals surface area (Å²) in [6, 6.07) is 8.12. The third-order valence-corrected chi connectivity index (χ3v) is 5.68. The Morgan fingerprint density at radius 2 is 2.12 bits per heavy atom. The highest BCUT2D eigenvalue weighted by molar-refractivity contribution is 7.99. The molecular formula is C19H26N4OS. The second kappa shape index (κ2) is 8.52. The molecular weight excluding hydrogens is 332 g/mol.